The van der Waals surface area contributed by atoms with Crippen LogP contribution in [0.25, 0.3) is 0 Å². The molecular weight excluding hydrogens is 168 g/mol. The fourth-order valence-electron chi connectivity index (χ4n) is 1.08. The van der Waals surface area contributed by atoms with E-state index in [2.05, 4.69) is 49.1 Å². The van der Waals surface area contributed by atoms with Crippen molar-refractivity contribution in [3.05, 3.63) is 11.8 Å². The van der Waals surface area contributed by atoms with Gasteiger partial charge in [-0.15, -0.1) is 0 Å². The fourth-order valence-corrected chi connectivity index (χ4v) is 3.05. The van der Waals surface area contributed by atoms with E-state index in [0.717, 1.165) is 0 Å². The molecule has 0 atom stereocenters. The highest BCUT2D eigenvalue weighted by Gasteiger charge is 2.11. The van der Waals surface area contributed by atoms with Gasteiger partial charge in [0.15, 0.2) is 0 Å². The average molecular weight is 188 g/mol. The monoisotopic (exact) mass is 188 g/mol. The second kappa shape index (κ2) is 6.36. The van der Waals surface area contributed by atoms with Crippen LogP contribution in [0.4, 0.5) is 0 Å². The van der Waals surface area contributed by atoms with Gasteiger partial charge in [-0.2, -0.15) is 0 Å². The molecule has 0 aromatic rings. The summed E-state index contributed by atoms with van der Waals surface area (Å²) in [7, 11) is 9.18. The van der Waals surface area contributed by atoms with Crippen LogP contribution in [-0.2, 0) is 4.74 Å². The first kappa shape index (κ1) is 11.8. The van der Waals surface area contributed by atoms with Crippen LogP contribution in [0.3, 0.4) is 0 Å². The number of ether oxygens (including phenoxy) is 1. The van der Waals surface area contributed by atoms with Gasteiger partial charge < -0.3 is 13.9 Å². The molecule has 0 unspecified atom stereocenters. The van der Waals surface area contributed by atoms with E-state index in [1.807, 2.05) is 0 Å². The van der Waals surface area contributed by atoms with E-state index in [1.165, 1.54) is 0 Å². The molecule has 0 fully saturated rings. The van der Waals surface area contributed by atoms with Gasteiger partial charge in [0.05, 0.1) is 6.61 Å². The average Bonchev–Trinajstić information content (AvgIpc) is 1.96. The Morgan fingerprint density at radius 1 is 1.17 bits per heavy atom. The van der Waals surface area contributed by atoms with Gasteiger partial charge in [-0.25, -0.2) is 0 Å². The van der Waals surface area contributed by atoms with Crippen LogP contribution in [-0.4, -0.2) is 60.2 Å². The van der Waals surface area contributed by atoms with Crippen molar-refractivity contribution in [1.29, 1.82) is 0 Å². The maximum absolute atomic E-state index is 4.95. The lowest BCUT2D eigenvalue weighted by Gasteiger charge is -2.25. The van der Waals surface area contributed by atoms with Gasteiger partial charge in [0.25, 0.3) is 0 Å². The van der Waals surface area contributed by atoms with Crippen LogP contribution in [0.5, 0.6) is 0 Å². The molecule has 0 saturated carbocycles. The maximum Gasteiger partial charge on any atom is 0.214 e. The zero-order valence-electron chi connectivity index (χ0n) is 8.74. The van der Waals surface area contributed by atoms with E-state index in [4.69, 9.17) is 4.74 Å². The predicted octanol–water partition coefficient (Wildman–Crippen LogP) is 0.0719. The van der Waals surface area contributed by atoms with E-state index >= 15 is 0 Å². The van der Waals surface area contributed by atoms with Crippen molar-refractivity contribution in [2.24, 2.45) is 0 Å². The highest BCUT2D eigenvalue weighted by Crippen LogP contribution is 1.93. The topological polar surface area (TPSA) is 15.7 Å². The van der Waals surface area contributed by atoms with Crippen LogP contribution in [0, 0.1) is 0 Å². The maximum atomic E-state index is 4.95. The third kappa shape index (κ3) is 4.66. The molecule has 0 radical (unpaired) electrons. The number of hydrogen-bond donors (Lipinski definition) is 0. The standard InChI is InChI=1S/C8H20N2OSi/c1-9(2)12(10(3)4)8-6-7-11-5/h6,8,12H,7H2,1-5H3. The number of hydrogen-bond acceptors (Lipinski definition) is 3. The minimum Gasteiger partial charge on any atom is -0.381 e. The van der Waals surface area contributed by atoms with Crippen molar-refractivity contribution in [2.45, 2.75) is 0 Å². The van der Waals surface area contributed by atoms with E-state index in [0.29, 0.717) is 6.61 Å². The van der Waals surface area contributed by atoms with Crippen molar-refractivity contribution in [1.82, 2.24) is 9.13 Å². The molecule has 0 aliphatic rings. The zero-order chi connectivity index (χ0) is 9.56. The smallest absolute Gasteiger partial charge is 0.214 e. The summed E-state index contributed by atoms with van der Waals surface area (Å²) in [4.78, 5) is 0. The van der Waals surface area contributed by atoms with Gasteiger partial charge in [-0.1, -0.05) is 11.8 Å². The molecule has 0 aliphatic carbocycles. The van der Waals surface area contributed by atoms with Crippen molar-refractivity contribution in [3.63, 3.8) is 0 Å². The lowest BCUT2D eigenvalue weighted by Crippen LogP contribution is -2.44. The fraction of sp³-hybridized carbons (Fsp3) is 0.750. The summed E-state index contributed by atoms with van der Waals surface area (Å²) in [5.41, 5.74) is 2.27. The van der Waals surface area contributed by atoms with Gasteiger partial charge in [0.2, 0.25) is 9.12 Å². The third-order valence-electron chi connectivity index (χ3n) is 1.63. The Bertz CT molecular complexity index is 129. The SMILES string of the molecule is COCC=C[SiH](N(C)C)N(C)C. The van der Waals surface area contributed by atoms with Crippen molar-refractivity contribution in [2.75, 3.05) is 41.9 Å². The Hall–Kier alpha value is -0.163. The molecule has 0 aromatic carbocycles. The molecule has 0 aliphatic heterocycles. The minimum atomic E-state index is -1.01. The summed E-state index contributed by atoms with van der Waals surface area (Å²) >= 11 is 0. The normalized spacial score (nSPS) is 12.7. The first-order valence-corrected chi connectivity index (χ1v) is 5.78. The lowest BCUT2D eigenvalue weighted by molar-refractivity contribution is 0.234. The molecule has 0 saturated heterocycles. The Balaban J connectivity index is 3.95. The summed E-state index contributed by atoms with van der Waals surface area (Å²) in [6.07, 6.45) is 2.09. The zero-order valence-corrected chi connectivity index (χ0v) is 9.90. The van der Waals surface area contributed by atoms with Crippen molar-refractivity contribution < 1.29 is 4.74 Å². The molecule has 72 valence electrons. The molecule has 0 N–H and O–H groups in total. The van der Waals surface area contributed by atoms with Crippen LogP contribution < -0.4 is 0 Å². The van der Waals surface area contributed by atoms with Crippen LogP contribution >= 0.6 is 0 Å². The first-order chi connectivity index (χ1) is 5.59. The molecular formula is C8H20N2OSi. The quantitative estimate of drug-likeness (QED) is 0.568. The van der Waals surface area contributed by atoms with Gasteiger partial charge in [0.1, 0.15) is 0 Å². The number of rotatable bonds is 5. The van der Waals surface area contributed by atoms with E-state index < -0.39 is 9.12 Å². The Morgan fingerprint density at radius 2 is 1.67 bits per heavy atom. The molecule has 12 heavy (non-hydrogen) atoms. The van der Waals surface area contributed by atoms with Crippen molar-refractivity contribution >= 4 is 9.12 Å². The highest BCUT2D eigenvalue weighted by atomic mass is 28.3. The summed E-state index contributed by atoms with van der Waals surface area (Å²) in [5.74, 6) is 0. The van der Waals surface area contributed by atoms with Gasteiger partial charge >= 0.3 is 0 Å². The second-order valence-corrected chi connectivity index (χ2v) is 6.50. The van der Waals surface area contributed by atoms with E-state index in [1.54, 1.807) is 7.11 Å². The molecule has 0 bridgehead atoms. The first-order valence-electron chi connectivity index (χ1n) is 4.08. The number of nitrogens with zero attached hydrogens (tertiary/aromatic N) is 2. The summed E-state index contributed by atoms with van der Waals surface area (Å²) < 4.78 is 9.52. The van der Waals surface area contributed by atoms with Crippen LogP contribution in [0.15, 0.2) is 11.8 Å². The summed E-state index contributed by atoms with van der Waals surface area (Å²) in [5, 5.41) is 0. The lowest BCUT2D eigenvalue weighted by atomic mass is 10.7. The third-order valence-corrected chi connectivity index (χ3v) is 4.36. The Kier molecular flexibility index (Phi) is 6.28. The van der Waals surface area contributed by atoms with Gasteiger partial charge in [-0.3, -0.25) is 0 Å². The summed E-state index contributed by atoms with van der Waals surface area (Å²) in [6, 6.07) is 0. The van der Waals surface area contributed by atoms with Crippen LogP contribution in [0.1, 0.15) is 0 Å². The molecule has 0 amide bonds. The van der Waals surface area contributed by atoms with E-state index in [-0.39, 0.29) is 0 Å². The number of methoxy groups -OCH3 is 1. The molecule has 3 nitrogen and oxygen atoms in total. The molecule has 0 heterocycles. The molecule has 4 heteroatoms. The van der Waals surface area contributed by atoms with Crippen molar-refractivity contribution in [3.8, 4) is 0 Å². The summed E-state index contributed by atoms with van der Waals surface area (Å²) in [6.45, 7) is 0.713. The molecule has 0 spiro atoms. The predicted molar refractivity (Wildman–Crippen MR) is 55.5 cm³/mol. The van der Waals surface area contributed by atoms with Gasteiger partial charge in [-0.05, 0) is 28.2 Å². The Labute approximate surface area is 77.4 Å². The molecule has 0 aromatic heterocycles. The highest BCUT2D eigenvalue weighted by molar-refractivity contribution is 6.58. The van der Waals surface area contributed by atoms with E-state index in [9.17, 15) is 0 Å². The molecule has 0 rings (SSSR count). The Morgan fingerprint density at radius 3 is 2.00 bits per heavy atom. The second-order valence-electron chi connectivity index (χ2n) is 3.22. The van der Waals surface area contributed by atoms with Gasteiger partial charge in [0, 0.05) is 7.11 Å². The largest absolute Gasteiger partial charge is 0.381 e. The minimum absolute atomic E-state index is 0.713. The van der Waals surface area contributed by atoms with Crippen LogP contribution in [0.2, 0.25) is 0 Å².